The van der Waals surface area contributed by atoms with Crippen LogP contribution in [0.4, 0.5) is 0 Å². The van der Waals surface area contributed by atoms with Gasteiger partial charge in [0.2, 0.25) is 5.91 Å². The number of amides is 1. The maximum Gasteiger partial charge on any atom is 0.220 e. The van der Waals surface area contributed by atoms with Crippen molar-refractivity contribution in [1.29, 1.82) is 0 Å². The summed E-state index contributed by atoms with van der Waals surface area (Å²) in [6.45, 7) is 0.617. The van der Waals surface area contributed by atoms with Gasteiger partial charge in [0.1, 0.15) is 0 Å². The molecule has 1 aromatic heterocycles. The quantitative estimate of drug-likeness (QED) is 0.757. The van der Waals surface area contributed by atoms with Crippen LogP contribution in [0.5, 0.6) is 0 Å². The van der Waals surface area contributed by atoms with Gasteiger partial charge in [-0.05, 0) is 30.0 Å². The van der Waals surface area contributed by atoms with E-state index in [1.165, 1.54) is 4.88 Å². The Morgan fingerprint density at radius 2 is 1.86 bits per heavy atom. The van der Waals surface area contributed by atoms with Crippen LogP contribution in [0, 0.1) is 0 Å². The number of Topliss-reactive ketones (excluding diaryl/α,β-unsaturated/α-hetero) is 1. The van der Waals surface area contributed by atoms with Gasteiger partial charge in [-0.1, -0.05) is 34.1 Å². The molecule has 0 fully saturated rings. The topological polar surface area (TPSA) is 46.2 Å². The first-order valence-corrected chi connectivity index (χ1v) is 8.40. The van der Waals surface area contributed by atoms with Crippen molar-refractivity contribution < 1.29 is 9.59 Å². The molecule has 0 aliphatic rings. The molecular weight excluding hydrogens is 350 g/mol. The summed E-state index contributed by atoms with van der Waals surface area (Å²) in [4.78, 5) is 24.9. The summed E-state index contributed by atoms with van der Waals surface area (Å²) in [6, 6.07) is 11.2. The molecule has 5 heteroatoms. The van der Waals surface area contributed by atoms with Crippen molar-refractivity contribution in [3.63, 3.8) is 0 Å². The maximum atomic E-state index is 11.9. The molecule has 21 heavy (non-hydrogen) atoms. The number of thiophene rings is 1. The molecule has 0 saturated carbocycles. The fraction of sp³-hybridized carbons (Fsp3) is 0.250. The molecule has 0 radical (unpaired) electrons. The highest BCUT2D eigenvalue weighted by molar-refractivity contribution is 9.10. The van der Waals surface area contributed by atoms with Gasteiger partial charge in [0.15, 0.2) is 5.78 Å². The maximum absolute atomic E-state index is 11.9. The average molecular weight is 366 g/mol. The van der Waals surface area contributed by atoms with Gasteiger partial charge < -0.3 is 5.32 Å². The van der Waals surface area contributed by atoms with E-state index in [2.05, 4.69) is 21.2 Å². The van der Waals surface area contributed by atoms with Crippen LogP contribution in [-0.2, 0) is 11.2 Å². The van der Waals surface area contributed by atoms with Crippen LogP contribution >= 0.6 is 27.3 Å². The molecule has 110 valence electrons. The molecule has 1 N–H and O–H groups in total. The first-order chi connectivity index (χ1) is 10.1. The van der Waals surface area contributed by atoms with Gasteiger partial charge in [-0.2, -0.15) is 0 Å². The number of halogens is 1. The van der Waals surface area contributed by atoms with Crippen LogP contribution in [0.2, 0.25) is 0 Å². The summed E-state index contributed by atoms with van der Waals surface area (Å²) in [6.07, 6.45) is 1.32. The van der Waals surface area contributed by atoms with Crippen LogP contribution in [0.1, 0.15) is 28.1 Å². The van der Waals surface area contributed by atoms with Crippen molar-refractivity contribution in [3.05, 3.63) is 56.7 Å². The largest absolute Gasteiger partial charge is 0.356 e. The van der Waals surface area contributed by atoms with Crippen LogP contribution < -0.4 is 5.32 Å². The molecule has 3 nitrogen and oxygen atoms in total. The van der Waals surface area contributed by atoms with Crippen molar-refractivity contribution in [3.8, 4) is 0 Å². The summed E-state index contributed by atoms with van der Waals surface area (Å²) in [5.74, 6) is -0.0760. The minimum atomic E-state index is -0.0722. The number of hydrogen-bond donors (Lipinski definition) is 1. The lowest BCUT2D eigenvalue weighted by Crippen LogP contribution is -2.25. The minimum Gasteiger partial charge on any atom is -0.356 e. The molecule has 0 aliphatic heterocycles. The Balaban J connectivity index is 1.68. The van der Waals surface area contributed by atoms with E-state index in [0.29, 0.717) is 12.1 Å². The third-order valence-corrected chi connectivity index (χ3v) is 4.48. The fourth-order valence-electron chi connectivity index (χ4n) is 1.88. The van der Waals surface area contributed by atoms with Gasteiger partial charge in [0.25, 0.3) is 0 Å². The number of hydrogen-bond acceptors (Lipinski definition) is 3. The molecule has 1 amide bonds. The van der Waals surface area contributed by atoms with E-state index < -0.39 is 0 Å². The predicted molar refractivity (Wildman–Crippen MR) is 88.7 cm³/mol. The van der Waals surface area contributed by atoms with Crippen molar-refractivity contribution in [2.24, 2.45) is 0 Å². The second-order valence-corrected chi connectivity index (χ2v) is 6.56. The summed E-state index contributed by atoms with van der Waals surface area (Å²) >= 11 is 5.01. The van der Waals surface area contributed by atoms with Gasteiger partial charge in [0.05, 0.1) is 0 Å². The second kappa shape index (κ2) is 8.10. The van der Waals surface area contributed by atoms with E-state index in [1.807, 2.05) is 29.6 Å². The minimum absolute atomic E-state index is 0.00379. The molecule has 0 unspecified atom stereocenters. The Kier molecular flexibility index (Phi) is 6.14. The number of carbonyl (C=O) groups is 2. The highest BCUT2D eigenvalue weighted by Gasteiger charge is 2.09. The second-order valence-electron chi connectivity index (χ2n) is 4.61. The Hall–Kier alpha value is -1.46. The van der Waals surface area contributed by atoms with E-state index in [0.717, 1.165) is 10.9 Å². The Bertz CT molecular complexity index is 593. The van der Waals surface area contributed by atoms with E-state index in [9.17, 15) is 9.59 Å². The van der Waals surface area contributed by atoms with Gasteiger partial charge in [0, 0.05) is 34.3 Å². The number of ketones is 1. The Morgan fingerprint density at radius 1 is 1.10 bits per heavy atom. The summed E-state index contributed by atoms with van der Waals surface area (Å²) in [7, 11) is 0. The number of carbonyl (C=O) groups excluding carboxylic acids is 2. The molecule has 2 rings (SSSR count). The molecule has 0 aliphatic carbocycles. The van der Waals surface area contributed by atoms with Crippen molar-refractivity contribution in [1.82, 2.24) is 5.32 Å². The molecule has 0 bridgehead atoms. The standard InChI is InChI=1S/C16H16BrNO2S/c17-13-5-3-12(4-6-13)15(19)7-8-16(20)18-10-9-14-2-1-11-21-14/h1-6,11H,7-10H2,(H,18,20). The van der Waals surface area contributed by atoms with Gasteiger partial charge in [-0.15, -0.1) is 11.3 Å². The summed E-state index contributed by atoms with van der Waals surface area (Å²) in [5.41, 5.74) is 0.643. The third kappa shape index (κ3) is 5.44. The van der Waals surface area contributed by atoms with Crippen LogP contribution in [-0.4, -0.2) is 18.2 Å². The van der Waals surface area contributed by atoms with Crippen molar-refractivity contribution >= 4 is 39.0 Å². The number of rotatable bonds is 7. The van der Waals surface area contributed by atoms with Gasteiger partial charge in [-0.3, -0.25) is 9.59 Å². The van der Waals surface area contributed by atoms with Gasteiger partial charge in [-0.25, -0.2) is 0 Å². The third-order valence-electron chi connectivity index (χ3n) is 3.02. The molecule has 1 aromatic carbocycles. The lowest BCUT2D eigenvalue weighted by Gasteiger charge is -2.04. The lowest BCUT2D eigenvalue weighted by atomic mass is 10.1. The smallest absolute Gasteiger partial charge is 0.220 e. The SMILES string of the molecule is O=C(CCC(=O)c1ccc(Br)cc1)NCCc1cccs1. The fourth-order valence-corrected chi connectivity index (χ4v) is 2.85. The van der Waals surface area contributed by atoms with Crippen molar-refractivity contribution in [2.75, 3.05) is 6.54 Å². The monoisotopic (exact) mass is 365 g/mol. The molecule has 0 spiro atoms. The lowest BCUT2D eigenvalue weighted by molar-refractivity contribution is -0.121. The zero-order valence-electron chi connectivity index (χ0n) is 11.5. The summed E-state index contributed by atoms with van der Waals surface area (Å²) < 4.78 is 0.936. The Morgan fingerprint density at radius 3 is 2.52 bits per heavy atom. The molecule has 0 atom stereocenters. The van der Waals surface area contributed by atoms with Crippen LogP contribution in [0.3, 0.4) is 0 Å². The average Bonchev–Trinajstić information content (AvgIpc) is 2.99. The highest BCUT2D eigenvalue weighted by atomic mass is 79.9. The molecule has 2 aromatic rings. The molecule has 0 saturated heterocycles. The molecular formula is C16H16BrNO2S. The zero-order chi connectivity index (χ0) is 15.1. The highest BCUT2D eigenvalue weighted by Crippen LogP contribution is 2.12. The van der Waals surface area contributed by atoms with Gasteiger partial charge >= 0.3 is 0 Å². The normalized spacial score (nSPS) is 10.3. The summed E-state index contributed by atoms with van der Waals surface area (Å²) in [5, 5.41) is 4.87. The van der Waals surface area contributed by atoms with E-state index >= 15 is 0 Å². The van der Waals surface area contributed by atoms with E-state index in [1.54, 1.807) is 23.5 Å². The first-order valence-electron chi connectivity index (χ1n) is 6.73. The van der Waals surface area contributed by atoms with Crippen LogP contribution in [0.15, 0.2) is 46.3 Å². The number of nitrogens with one attached hydrogen (secondary N) is 1. The number of benzene rings is 1. The van der Waals surface area contributed by atoms with Crippen molar-refractivity contribution in [2.45, 2.75) is 19.3 Å². The van der Waals surface area contributed by atoms with E-state index in [-0.39, 0.29) is 24.5 Å². The predicted octanol–water partition coefficient (Wildman–Crippen LogP) is 3.83. The first kappa shape index (κ1) is 15.9. The van der Waals surface area contributed by atoms with Crippen LogP contribution in [0.25, 0.3) is 0 Å². The molecule has 1 heterocycles. The van der Waals surface area contributed by atoms with E-state index in [4.69, 9.17) is 0 Å². The zero-order valence-corrected chi connectivity index (χ0v) is 13.9. The Labute approximate surface area is 136 Å².